The summed E-state index contributed by atoms with van der Waals surface area (Å²) in [5.74, 6) is 0.637. The number of pyridine rings is 1. The summed E-state index contributed by atoms with van der Waals surface area (Å²) in [4.78, 5) is 0. The van der Waals surface area contributed by atoms with Gasteiger partial charge >= 0.3 is 0 Å². The molecular weight excluding hydrogens is 222 g/mol. The Morgan fingerprint density at radius 2 is 2.31 bits per heavy atom. The molecule has 84 valence electrons. The van der Waals surface area contributed by atoms with Gasteiger partial charge in [-0.25, -0.2) is 4.57 Å². The summed E-state index contributed by atoms with van der Waals surface area (Å²) in [6, 6.07) is 3.99. The van der Waals surface area contributed by atoms with Gasteiger partial charge < -0.3 is 4.74 Å². The molecule has 0 aromatic carbocycles. The van der Waals surface area contributed by atoms with Crippen molar-refractivity contribution >= 4 is 11.7 Å². The number of aryl methyl sites for hydroxylation is 1. The molecule has 0 bridgehead atoms. The van der Waals surface area contributed by atoms with Gasteiger partial charge in [0.05, 0.1) is 23.9 Å². The highest BCUT2D eigenvalue weighted by Gasteiger charge is 2.13. The summed E-state index contributed by atoms with van der Waals surface area (Å²) in [5, 5.41) is 0. The third kappa shape index (κ3) is 2.36. The average molecular weight is 236 g/mol. The number of hydrogen-bond acceptors (Lipinski definition) is 4. The fraction of sp³-hybridized carbons (Fsp3) is 0.364. The van der Waals surface area contributed by atoms with Gasteiger partial charge in [-0.1, -0.05) is 6.92 Å². The first-order valence-electron chi connectivity index (χ1n) is 5.22. The van der Waals surface area contributed by atoms with Crippen LogP contribution in [0.2, 0.25) is 0 Å². The number of nitrogens with zero attached hydrogens (tertiary/aromatic N) is 3. The van der Waals surface area contributed by atoms with Crippen LogP contribution in [0.4, 0.5) is 0 Å². The van der Waals surface area contributed by atoms with E-state index in [2.05, 4.69) is 15.7 Å². The van der Waals surface area contributed by atoms with E-state index in [4.69, 9.17) is 4.74 Å². The number of hydrogen-bond donors (Lipinski definition) is 0. The monoisotopic (exact) mass is 236 g/mol. The predicted octanol–water partition coefficient (Wildman–Crippen LogP) is 1.82. The summed E-state index contributed by atoms with van der Waals surface area (Å²) in [6.45, 7) is 2.75. The molecule has 2 heterocycles. The lowest BCUT2D eigenvalue weighted by Gasteiger charge is -2.01. The maximum atomic E-state index is 5.55. The lowest BCUT2D eigenvalue weighted by atomic mass is 10.2. The third-order valence-electron chi connectivity index (χ3n) is 2.11. The van der Waals surface area contributed by atoms with Crippen molar-refractivity contribution in [3.8, 4) is 17.1 Å². The van der Waals surface area contributed by atoms with Gasteiger partial charge in [-0.05, 0) is 12.5 Å². The minimum atomic E-state index is 0.637. The maximum absolute atomic E-state index is 5.55. The van der Waals surface area contributed by atoms with Crippen molar-refractivity contribution in [3.63, 3.8) is 0 Å². The van der Waals surface area contributed by atoms with Gasteiger partial charge in [0.25, 0.3) is 5.88 Å². The van der Waals surface area contributed by atoms with E-state index >= 15 is 0 Å². The molecule has 5 heteroatoms. The van der Waals surface area contributed by atoms with Crippen molar-refractivity contribution < 1.29 is 9.30 Å². The molecule has 0 radical (unpaired) electrons. The van der Waals surface area contributed by atoms with Crippen LogP contribution in [0.5, 0.6) is 5.88 Å². The van der Waals surface area contributed by atoms with Gasteiger partial charge in [0.15, 0.2) is 18.1 Å². The van der Waals surface area contributed by atoms with Crippen LogP contribution in [0.15, 0.2) is 24.5 Å². The molecule has 2 aromatic heterocycles. The highest BCUT2D eigenvalue weighted by atomic mass is 32.1. The molecule has 0 aliphatic rings. The first-order valence-corrected chi connectivity index (χ1v) is 5.95. The maximum Gasteiger partial charge on any atom is 0.254 e. The molecule has 2 rings (SSSR count). The number of aromatic nitrogens is 3. The van der Waals surface area contributed by atoms with Crippen LogP contribution in [-0.2, 0) is 7.05 Å². The molecule has 0 unspecified atom stereocenters. The molecule has 0 N–H and O–H groups in total. The topological polar surface area (TPSA) is 38.9 Å². The third-order valence-corrected chi connectivity index (χ3v) is 2.63. The van der Waals surface area contributed by atoms with E-state index in [-0.39, 0.29) is 0 Å². The van der Waals surface area contributed by atoms with Crippen LogP contribution in [-0.4, -0.2) is 15.4 Å². The normalized spacial score (nSPS) is 10.4. The van der Waals surface area contributed by atoms with E-state index in [1.165, 1.54) is 11.7 Å². The fourth-order valence-corrected chi connectivity index (χ4v) is 1.90. The van der Waals surface area contributed by atoms with Crippen LogP contribution >= 0.6 is 11.7 Å². The van der Waals surface area contributed by atoms with Gasteiger partial charge in [0.1, 0.15) is 7.05 Å². The molecule has 0 fully saturated rings. The van der Waals surface area contributed by atoms with Gasteiger partial charge in [-0.15, -0.1) is 4.37 Å². The van der Waals surface area contributed by atoms with Crippen LogP contribution in [0, 0.1) is 0 Å². The molecule has 0 aliphatic carbocycles. The smallest absolute Gasteiger partial charge is 0.254 e. The van der Waals surface area contributed by atoms with Crippen molar-refractivity contribution in [2.45, 2.75) is 13.3 Å². The second kappa shape index (κ2) is 5.03. The minimum Gasteiger partial charge on any atom is -0.475 e. The highest BCUT2D eigenvalue weighted by molar-refractivity contribution is 6.99. The van der Waals surface area contributed by atoms with Crippen LogP contribution < -0.4 is 9.30 Å². The van der Waals surface area contributed by atoms with Crippen LogP contribution in [0.1, 0.15) is 13.3 Å². The molecule has 4 nitrogen and oxygen atoms in total. The van der Waals surface area contributed by atoms with Gasteiger partial charge in [0.2, 0.25) is 0 Å². The zero-order valence-electron chi connectivity index (χ0n) is 9.38. The fourth-order valence-electron chi connectivity index (χ4n) is 1.38. The SMILES string of the molecule is CCCOc1nsnc1-c1ccc[n+](C)c1. The summed E-state index contributed by atoms with van der Waals surface area (Å²) >= 11 is 1.18. The highest BCUT2D eigenvalue weighted by Crippen LogP contribution is 2.26. The average Bonchev–Trinajstić information content (AvgIpc) is 2.74. The Labute approximate surface area is 98.9 Å². The Morgan fingerprint density at radius 1 is 1.44 bits per heavy atom. The predicted molar refractivity (Wildman–Crippen MR) is 62.3 cm³/mol. The molecule has 2 aromatic rings. The zero-order valence-corrected chi connectivity index (χ0v) is 10.2. The van der Waals surface area contributed by atoms with E-state index in [0.717, 1.165) is 17.7 Å². The molecule has 0 aliphatic heterocycles. The van der Waals surface area contributed by atoms with E-state index in [0.29, 0.717) is 12.5 Å². The molecule has 0 saturated heterocycles. The summed E-state index contributed by atoms with van der Waals surface area (Å²) in [7, 11) is 1.98. The molecule has 0 saturated carbocycles. The molecule has 0 amide bonds. The first-order chi connectivity index (χ1) is 7.81. The van der Waals surface area contributed by atoms with E-state index in [9.17, 15) is 0 Å². The van der Waals surface area contributed by atoms with Gasteiger partial charge in [-0.2, -0.15) is 4.37 Å². The Hall–Kier alpha value is -1.49. The minimum absolute atomic E-state index is 0.637. The molecule has 0 spiro atoms. The van der Waals surface area contributed by atoms with Crippen molar-refractivity contribution in [1.82, 2.24) is 8.75 Å². The van der Waals surface area contributed by atoms with Gasteiger partial charge in [-0.3, -0.25) is 0 Å². The first kappa shape index (κ1) is 11.0. The van der Waals surface area contributed by atoms with Crippen molar-refractivity contribution in [2.24, 2.45) is 7.05 Å². The number of ether oxygens (including phenoxy) is 1. The lowest BCUT2D eigenvalue weighted by Crippen LogP contribution is -2.26. The number of rotatable bonds is 4. The van der Waals surface area contributed by atoms with Crippen LogP contribution in [0.25, 0.3) is 11.3 Å². The van der Waals surface area contributed by atoms with E-state index < -0.39 is 0 Å². The summed E-state index contributed by atoms with van der Waals surface area (Å²) in [6.07, 6.45) is 4.96. The Morgan fingerprint density at radius 3 is 3.06 bits per heavy atom. The summed E-state index contributed by atoms with van der Waals surface area (Å²) in [5.41, 5.74) is 1.86. The van der Waals surface area contributed by atoms with E-state index in [1.54, 1.807) is 0 Å². The molecular formula is C11H14N3OS+. The van der Waals surface area contributed by atoms with Crippen LogP contribution in [0.3, 0.4) is 0 Å². The Balaban J connectivity index is 2.29. The lowest BCUT2D eigenvalue weighted by molar-refractivity contribution is -0.671. The van der Waals surface area contributed by atoms with E-state index in [1.807, 2.05) is 36.1 Å². The van der Waals surface area contributed by atoms with Crippen molar-refractivity contribution in [3.05, 3.63) is 24.5 Å². The van der Waals surface area contributed by atoms with Crippen molar-refractivity contribution in [1.29, 1.82) is 0 Å². The molecule has 16 heavy (non-hydrogen) atoms. The summed E-state index contributed by atoms with van der Waals surface area (Å²) < 4.78 is 16.0. The van der Waals surface area contributed by atoms with Gasteiger partial charge in [0, 0.05) is 6.07 Å². The van der Waals surface area contributed by atoms with Crippen molar-refractivity contribution in [2.75, 3.05) is 6.61 Å². The zero-order chi connectivity index (χ0) is 11.4. The largest absolute Gasteiger partial charge is 0.475 e. The second-order valence-corrected chi connectivity index (χ2v) is 4.05. The Bertz CT molecular complexity index is 470. The second-order valence-electron chi connectivity index (χ2n) is 3.52. The molecule has 0 atom stereocenters. The standard InChI is InChI=1S/C11H14N3OS/c1-3-7-15-11-10(12-16-13-11)9-5-4-6-14(2)8-9/h4-6,8H,3,7H2,1-2H3/q+1. The quantitative estimate of drug-likeness (QED) is 0.760. The Kier molecular flexibility index (Phi) is 3.46.